The van der Waals surface area contributed by atoms with Crippen LogP contribution in [0.15, 0.2) is 29.6 Å². The molecule has 0 bridgehead atoms. The maximum atomic E-state index is 12.6. The second kappa shape index (κ2) is 8.44. The van der Waals surface area contributed by atoms with Gasteiger partial charge in [0, 0.05) is 38.0 Å². The van der Waals surface area contributed by atoms with Crippen molar-refractivity contribution < 1.29 is 18.0 Å². The number of amides is 1. The average Bonchev–Trinajstić information content (AvgIpc) is 3.02. The van der Waals surface area contributed by atoms with E-state index < -0.39 is 11.7 Å². The Labute approximate surface area is 148 Å². The first-order valence-electron chi connectivity index (χ1n) is 7.80. The van der Waals surface area contributed by atoms with Gasteiger partial charge < -0.3 is 10.2 Å². The maximum Gasteiger partial charge on any atom is 0.416 e. The van der Waals surface area contributed by atoms with Crippen LogP contribution < -0.4 is 5.32 Å². The number of alkyl halides is 3. The van der Waals surface area contributed by atoms with Crippen LogP contribution in [0.1, 0.15) is 24.1 Å². The number of aromatic nitrogens is 1. The Morgan fingerprint density at radius 2 is 1.92 bits per heavy atom. The van der Waals surface area contributed by atoms with Crippen LogP contribution in [0.4, 0.5) is 13.2 Å². The number of hydrogen-bond acceptors (Lipinski definition) is 4. The fraction of sp³-hybridized carbons (Fsp3) is 0.412. The maximum absolute atomic E-state index is 12.6. The van der Waals surface area contributed by atoms with Crippen LogP contribution in [-0.2, 0) is 17.5 Å². The molecule has 0 fully saturated rings. The van der Waals surface area contributed by atoms with Crippen LogP contribution in [0.5, 0.6) is 0 Å². The lowest BCUT2D eigenvalue weighted by Gasteiger charge is -2.09. The average molecular weight is 371 g/mol. The van der Waals surface area contributed by atoms with Crippen LogP contribution in [0.3, 0.4) is 0 Å². The number of carbonyl (C=O) groups excluding carboxylic acids is 1. The zero-order chi connectivity index (χ0) is 18.4. The number of benzene rings is 1. The highest BCUT2D eigenvalue weighted by molar-refractivity contribution is 7.13. The highest BCUT2D eigenvalue weighted by Gasteiger charge is 2.30. The molecule has 0 radical (unpaired) electrons. The zero-order valence-electron chi connectivity index (χ0n) is 14.1. The van der Waals surface area contributed by atoms with E-state index in [0.29, 0.717) is 30.1 Å². The molecule has 8 heteroatoms. The van der Waals surface area contributed by atoms with Gasteiger partial charge in [0.1, 0.15) is 5.01 Å². The van der Waals surface area contributed by atoms with Gasteiger partial charge in [0.05, 0.1) is 11.3 Å². The minimum atomic E-state index is -4.33. The second-order valence-corrected chi connectivity index (χ2v) is 6.65. The lowest BCUT2D eigenvalue weighted by Crippen LogP contribution is -2.23. The Hall–Kier alpha value is -1.93. The van der Waals surface area contributed by atoms with Gasteiger partial charge in [-0.25, -0.2) is 4.98 Å². The van der Waals surface area contributed by atoms with Crippen molar-refractivity contribution in [1.29, 1.82) is 0 Å². The Bertz CT molecular complexity index is 696. The quantitative estimate of drug-likeness (QED) is 0.754. The molecule has 2 aromatic rings. The van der Waals surface area contributed by atoms with E-state index >= 15 is 0 Å². The van der Waals surface area contributed by atoms with Crippen molar-refractivity contribution in [3.8, 4) is 10.6 Å². The van der Waals surface area contributed by atoms with Gasteiger partial charge in [0.25, 0.3) is 0 Å². The molecule has 0 aliphatic rings. The summed E-state index contributed by atoms with van der Waals surface area (Å²) in [5.41, 5.74) is 0.835. The van der Waals surface area contributed by atoms with E-state index in [2.05, 4.69) is 10.3 Å². The van der Waals surface area contributed by atoms with Crippen molar-refractivity contribution in [2.24, 2.45) is 0 Å². The van der Waals surface area contributed by atoms with Crippen LogP contribution in [0, 0.1) is 0 Å². The minimum absolute atomic E-state index is 0.0973. The molecule has 25 heavy (non-hydrogen) atoms. The van der Waals surface area contributed by atoms with E-state index in [1.165, 1.54) is 23.5 Å². The molecule has 1 heterocycles. The molecule has 1 amide bonds. The molecule has 4 nitrogen and oxygen atoms in total. The lowest BCUT2D eigenvalue weighted by molar-refractivity contribution is -0.137. The van der Waals surface area contributed by atoms with Gasteiger partial charge in [-0.1, -0.05) is 12.1 Å². The molecule has 2 rings (SSSR count). The molecule has 0 unspecified atom stereocenters. The van der Waals surface area contributed by atoms with Gasteiger partial charge in [0.2, 0.25) is 5.91 Å². The van der Waals surface area contributed by atoms with Crippen molar-refractivity contribution in [1.82, 2.24) is 15.2 Å². The Morgan fingerprint density at radius 1 is 1.24 bits per heavy atom. The predicted octanol–water partition coefficient (Wildman–Crippen LogP) is 3.79. The topological polar surface area (TPSA) is 45.2 Å². The van der Waals surface area contributed by atoms with Crippen LogP contribution >= 0.6 is 11.3 Å². The number of halogens is 3. The summed E-state index contributed by atoms with van der Waals surface area (Å²) in [5.74, 6) is 0.0973. The summed E-state index contributed by atoms with van der Waals surface area (Å²) in [6.45, 7) is 1.26. The zero-order valence-corrected chi connectivity index (χ0v) is 14.9. The molecule has 0 aliphatic heterocycles. The first kappa shape index (κ1) is 19.4. The third-order valence-electron chi connectivity index (χ3n) is 3.56. The van der Waals surface area contributed by atoms with Gasteiger partial charge in [-0.05, 0) is 25.1 Å². The van der Waals surface area contributed by atoms with Crippen molar-refractivity contribution in [3.05, 3.63) is 40.9 Å². The first-order valence-corrected chi connectivity index (χ1v) is 8.68. The third-order valence-corrected chi connectivity index (χ3v) is 4.50. The SMILES string of the molecule is CN(C)C(=O)CCCNCc1csc(-c2ccc(C(F)(F)F)cc2)n1. The van der Waals surface area contributed by atoms with Crippen LogP contribution in [0.2, 0.25) is 0 Å². The van der Waals surface area contributed by atoms with Gasteiger partial charge in [-0.15, -0.1) is 11.3 Å². The van der Waals surface area contributed by atoms with E-state index in [-0.39, 0.29) is 5.91 Å². The summed E-state index contributed by atoms with van der Waals surface area (Å²) in [5, 5.41) is 5.78. The van der Waals surface area contributed by atoms with E-state index in [1.54, 1.807) is 19.0 Å². The Morgan fingerprint density at radius 3 is 2.52 bits per heavy atom. The minimum Gasteiger partial charge on any atom is -0.349 e. The molecule has 1 N–H and O–H groups in total. The number of hydrogen-bond donors (Lipinski definition) is 1. The smallest absolute Gasteiger partial charge is 0.349 e. The van der Waals surface area contributed by atoms with Gasteiger partial charge in [0.15, 0.2) is 0 Å². The standard InChI is InChI=1S/C17H20F3N3OS/c1-23(2)15(24)4-3-9-21-10-14-11-25-16(22-14)12-5-7-13(8-6-12)17(18,19)20/h5-8,11,21H,3-4,9-10H2,1-2H3. The molecule has 0 spiro atoms. The number of nitrogens with one attached hydrogen (secondary N) is 1. The highest BCUT2D eigenvalue weighted by Crippen LogP contribution is 2.31. The fourth-order valence-electron chi connectivity index (χ4n) is 2.13. The Kier molecular flexibility index (Phi) is 6.55. The van der Waals surface area contributed by atoms with Gasteiger partial charge in [-0.2, -0.15) is 13.2 Å². The number of rotatable bonds is 7. The monoisotopic (exact) mass is 371 g/mol. The highest BCUT2D eigenvalue weighted by atomic mass is 32.1. The fourth-order valence-corrected chi connectivity index (χ4v) is 2.95. The van der Waals surface area contributed by atoms with E-state index in [1.807, 2.05) is 5.38 Å². The second-order valence-electron chi connectivity index (χ2n) is 5.79. The molecule has 1 aromatic carbocycles. The molecular formula is C17H20F3N3OS. The summed E-state index contributed by atoms with van der Waals surface area (Å²) in [7, 11) is 3.46. The van der Waals surface area contributed by atoms with Crippen molar-refractivity contribution in [2.45, 2.75) is 25.6 Å². The van der Waals surface area contributed by atoms with Crippen LogP contribution in [0.25, 0.3) is 10.6 Å². The summed E-state index contributed by atoms with van der Waals surface area (Å²) in [6.07, 6.45) is -3.09. The first-order chi connectivity index (χ1) is 11.8. The van der Waals surface area contributed by atoms with E-state index in [0.717, 1.165) is 24.2 Å². The largest absolute Gasteiger partial charge is 0.416 e. The number of thiazole rings is 1. The van der Waals surface area contributed by atoms with Gasteiger partial charge >= 0.3 is 6.18 Å². The molecular weight excluding hydrogens is 351 g/mol. The predicted molar refractivity (Wildman–Crippen MR) is 92.2 cm³/mol. The Balaban J connectivity index is 1.83. The van der Waals surface area contributed by atoms with Crippen molar-refractivity contribution in [3.63, 3.8) is 0 Å². The summed E-state index contributed by atoms with van der Waals surface area (Å²) < 4.78 is 37.7. The van der Waals surface area contributed by atoms with E-state index in [4.69, 9.17) is 0 Å². The van der Waals surface area contributed by atoms with Crippen molar-refractivity contribution >= 4 is 17.2 Å². The molecule has 0 saturated carbocycles. The number of carbonyl (C=O) groups is 1. The van der Waals surface area contributed by atoms with Crippen LogP contribution in [-0.4, -0.2) is 36.4 Å². The summed E-state index contributed by atoms with van der Waals surface area (Å²) in [6, 6.07) is 5.00. The normalized spacial score (nSPS) is 11.6. The van der Waals surface area contributed by atoms with Gasteiger partial charge in [-0.3, -0.25) is 4.79 Å². The molecule has 136 valence electrons. The molecule has 0 atom stereocenters. The summed E-state index contributed by atoms with van der Waals surface area (Å²) in [4.78, 5) is 17.4. The van der Waals surface area contributed by atoms with E-state index in [9.17, 15) is 18.0 Å². The lowest BCUT2D eigenvalue weighted by atomic mass is 10.1. The molecule has 0 aliphatic carbocycles. The number of nitrogens with zero attached hydrogens (tertiary/aromatic N) is 2. The summed E-state index contributed by atoms with van der Waals surface area (Å²) >= 11 is 1.40. The van der Waals surface area contributed by atoms with Crippen molar-refractivity contribution in [2.75, 3.05) is 20.6 Å². The molecule has 0 saturated heterocycles. The molecule has 1 aromatic heterocycles. The third kappa shape index (κ3) is 5.82.